The molecule has 0 saturated carbocycles. The highest BCUT2D eigenvalue weighted by molar-refractivity contribution is 7.90. The lowest BCUT2D eigenvalue weighted by atomic mass is 10.2. The molecule has 2 aromatic carbocycles. The first-order valence-electron chi connectivity index (χ1n) is 8.98. The first-order valence-corrected chi connectivity index (χ1v) is 12.1. The summed E-state index contributed by atoms with van der Waals surface area (Å²) in [5, 5.41) is 1.12. The SMILES string of the molecule is CN(C)CCCN(C(=O)c1ccccc1S(C)(=O)=O)c1nc2ccc(Cl)cc2s1. The number of hydrogen-bond acceptors (Lipinski definition) is 6. The number of carbonyl (C=O) groups is 1. The zero-order valence-corrected chi connectivity index (χ0v) is 18.8. The molecule has 0 saturated heterocycles. The Labute approximate surface area is 179 Å². The van der Waals surface area contributed by atoms with Crippen LogP contribution < -0.4 is 4.90 Å². The number of aromatic nitrogens is 1. The van der Waals surface area contributed by atoms with E-state index in [9.17, 15) is 13.2 Å². The van der Waals surface area contributed by atoms with E-state index in [-0.39, 0.29) is 16.4 Å². The molecule has 6 nitrogen and oxygen atoms in total. The molecule has 0 unspecified atom stereocenters. The summed E-state index contributed by atoms with van der Waals surface area (Å²) in [6.45, 7) is 1.21. The van der Waals surface area contributed by atoms with Gasteiger partial charge in [-0.25, -0.2) is 13.4 Å². The van der Waals surface area contributed by atoms with Crippen LogP contribution in [0.15, 0.2) is 47.4 Å². The Balaban J connectivity index is 2.04. The average molecular weight is 452 g/mol. The standard InChI is InChI=1S/C20H22ClN3O3S2/c1-23(2)11-6-12-24(20-22-16-10-9-14(21)13-17(16)28-20)19(25)15-7-4-5-8-18(15)29(3,26)27/h4-5,7-10,13H,6,11-12H2,1-3H3. The maximum absolute atomic E-state index is 13.4. The lowest BCUT2D eigenvalue weighted by Crippen LogP contribution is -2.34. The fraction of sp³-hybridized carbons (Fsp3) is 0.300. The van der Waals surface area contributed by atoms with Crippen LogP contribution >= 0.6 is 22.9 Å². The molecule has 29 heavy (non-hydrogen) atoms. The molecule has 1 amide bonds. The van der Waals surface area contributed by atoms with Gasteiger partial charge in [-0.3, -0.25) is 9.69 Å². The van der Waals surface area contributed by atoms with E-state index in [1.54, 1.807) is 29.2 Å². The van der Waals surface area contributed by atoms with Crippen molar-refractivity contribution in [3.8, 4) is 0 Å². The van der Waals surface area contributed by atoms with Gasteiger partial charge < -0.3 is 4.90 Å². The number of fused-ring (bicyclic) bond motifs is 1. The monoisotopic (exact) mass is 451 g/mol. The number of rotatable bonds is 7. The van der Waals surface area contributed by atoms with E-state index in [2.05, 4.69) is 4.98 Å². The largest absolute Gasteiger partial charge is 0.309 e. The first-order chi connectivity index (χ1) is 13.7. The van der Waals surface area contributed by atoms with Gasteiger partial charge >= 0.3 is 0 Å². The second-order valence-electron chi connectivity index (χ2n) is 6.99. The maximum Gasteiger partial charge on any atom is 0.261 e. The van der Waals surface area contributed by atoms with Crippen LogP contribution in [0.4, 0.5) is 5.13 Å². The van der Waals surface area contributed by atoms with Gasteiger partial charge in [-0.05, 0) is 57.4 Å². The molecule has 9 heteroatoms. The lowest BCUT2D eigenvalue weighted by Gasteiger charge is -2.22. The lowest BCUT2D eigenvalue weighted by molar-refractivity contribution is 0.0983. The molecule has 0 aliphatic heterocycles. The molecule has 3 rings (SSSR count). The van der Waals surface area contributed by atoms with Crippen molar-refractivity contribution in [1.82, 2.24) is 9.88 Å². The Morgan fingerprint density at radius 2 is 1.86 bits per heavy atom. The molecule has 0 radical (unpaired) electrons. The normalized spacial score (nSPS) is 11.9. The fourth-order valence-electron chi connectivity index (χ4n) is 2.94. The third-order valence-electron chi connectivity index (χ3n) is 4.32. The second-order valence-corrected chi connectivity index (χ2v) is 10.4. The molecule has 1 aromatic heterocycles. The van der Waals surface area contributed by atoms with Crippen LogP contribution in [0.5, 0.6) is 0 Å². The highest BCUT2D eigenvalue weighted by atomic mass is 35.5. The van der Waals surface area contributed by atoms with E-state index in [0.29, 0.717) is 16.7 Å². The van der Waals surface area contributed by atoms with Crippen LogP contribution in [0.25, 0.3) is 10.2 Å². The minimum Gasteiger partial charge on any atom is -0.309 e. The molecule has 3 aromatic rings. The van der Waals surface area contributed by atoms with Gasteiger partial charge in [0.25, 0.3) is 5.91 Å². The van der Waals surface area contributed by atoms with Crippen LogP contribution in [0.1, 0.15) is 16.8 Å². The number of carbonyl (C=O) groups excluding carboxylic acids is 1. The maximum atomic E-state index is 13.4. The van der Waals surface area contributed by atoms with E-state index in [1.165, 1.54) is 17.4 Å². The van der Waals surface area contributed by atoms with Gasteiger partial charge in [-0.1, -0.05) is 35.1 Å². The van der Waals surface area contributed by atoms with Crippen molar-refractivity contribution in [2.45, 2.75) is 11.3 Å². The van der Waals surface area contributed by atoms with E-state index in [0.717, 1.165) is 29.4 Å². The van der Waals surface area contributed by atoms with Gasteiger partial charge in [-0.15, -0.1) is 0 Å². The second kappa shape index (κ2) is 8.79. The van der Waals surface area contributed by atoms with Gasteiger partial charge in [0.1, 0.15) is 0 Å². The smallest absolute Gasteiger partial charge is 0.261 e. The Hall–Kier alpha value is -2.00. The number of benzene rings is 2. The predicted octanol–water partition coefficient (Wildman–Crippen LogP) is 3.95. The fourth-order valence-corrected chi connectivity index (χ4v) is 5.09. The van der Waals surface area contributed by atoms with Crippen LogP contribution in [0.2, 0.25) is 5.02 Å². The number of halogens is 1. The average Bonchev–Trinajstić information content (AvgIpc) is 3.06. The molecule has 0 spiro atoms. The molecule has 0 N–H and O–H groups in total. The van der Waals surface area contributed by atoms with Gasteiger partial charge in [0, 0.05) is 17.8 Å². The summed E-state index contributed by atoms with van der Waals surface area (Å²) in [7, 11) is 0.378. The molecule has 1 heterocycles. The van der Waals surface area contributed by atoms with Crippen molar-refractivity contribution < 1.29 is 13.2 Å². The summed E-state index contributed by atoms with van der Waals surface area (Å²) < 4.78 is 25.3. The van der Waals surface area contributed by atoms with E-state index >= 15 is 0 Å². The Kier molecular flexibility index (Phi) is 6.58. The van der Waals surface area contributed by atoms with Crippen LogP contribution in [-0.4, -0.2) is 57.6 Å². The highest BCUT2D eigenvalue weighted by Gasteiger charge is 2.26. The molecule has 154 valence electrons. The van der Waals surface area contributed by atoms with Gasteiger partial charge in [0.2, 0.25) is 0 Å². The molecule has 0 aliphatic rings. The van der Waals surface area contributed by atoms with Crippen molar-refractivity contribution in [2.24, 2.45) is 0 Å². The third kappa shape index (κ3) is 5.14. The molecular weight excluding hydrogens is 430 g/mol. The quantitative estimate of drug-likeness (QED) is 0.544. The van der Waals surface area contributed by atoms with Gasteiger partial charge in [-0.2, -0.15) is 0 Å². The predicted molar refractivity (Wildman–Crippen MR) is 119 cm³/mol. The van der Waals surface area contributed by atoms with Crippen molar-refractivity contribution >= 4 is 54.0 Å². The number of sulfone groups is 1. The first kappa shape index (κ1) is 21.7. The minimum atomic E-state index is -3.55. The van der Waals surface area contributed by atoms with Crippen LogP contribution in [-0.2, 0) is 9.84 Å². The third-order valence-corrected chi connectivity index (χ3v) is 6.75. The van der Waals surface area contributed by atoms with Crippen LogP contribution in [0, 0.1) is 0 Å². The summed E-state index contributed by atoms with van der Waals surface area (Å²) in [4.78, 5) is 21.6. The topological polar surface area (TPSA) is 70.6 Å². The molecule has 0 bridgehead atoms. The molecule has 0 fully saturated rings. The van der Waals surface area contributed by atoms with Crippen molar-refractivity contribution in [3.05, 3.63) is 53.1 Å². The van der Waals surface area contributed by atoms with E-state index in [4.69, 9.17) is 11.6 Å². The number of hydrogen-bond donors (Lipinski definition) is 0. The van der Waals surface area contributed by atoms with Crippen LogP contribution in [0.3, 0.4) is 0 Å². The zero-order valence-electron chi connectivity index (χ0n) is 16.4. The minimum absolute atomic E-state index is 0.0202. The summed E-state index contributed by atoms with van der Waals surface area (Å²) in [5.74, 6) is -0.380. The Bertz CT molecular complexity index is 1140. The Morgan fingerprint density at radius 3 is 2.55 bits per heavy atom. The highest BCUT2D eigenvalue weighted by Crippen LogP contribution is 2.32. The van der Waals surface area contributed by atoms with Gasteiger partial charge in [0.05, 0.1) is 20.7 Å². The number of amides is 1. The zero-order chi connectivity index (χ0) is 21.2. The molecular formula is C20H22ClN3O3S2. The molecule has 0 aliphatic carbocycles. The van der Waals surface area contributed by atoms with E-state index in [1.807, 2.05) is 31.1 Å². The summed E-state index contributed by atoms with van der Waals surface area (Å²) in [5.41, 5.74) is 0.897. The van der Waals surface area contributed by atoms with Crippen molar-refractivity contribution in [1.29, 1.82) is 0 Å². The summed E-state index contributed by atoms with van der Waals surface area (Å²) in [6.07, 6.45) is 1.83. The summed E-state index contributed by atoms with van der Waals surface area (Å²) >= 11 is 7.44. The van der Waals surface area contributed by atoms with Crippen molar-refractivity contribution in [2.75, 3.05) is 38.3 Å². The van der Waals surface area contributed by atoms with Crippen molar-refractivity contribution in [3.63, 3.8) is 0 Å². The number of nitrogens with zero attached hydrogens (tertiary/aromatic N) is 3. The molecule has 0 atom stereocenters. The summed E-state index contributed by atoms with van der Waals surface area (Å²) in [6, 6.07) is 11.7. The Morgan fingerprint density at radius 1 is 1.14 bits per heavy atom. The van der Waals surface area contributed by atoms with E-state index < -0.39 is 9.84 Å². The number of thiazole rings is 1. The van der Waals surface area contributed by atoms with Gasteiger partial charge in [0.15, 0.2) is 15.0 Å². The number of anilines is 1.